The first-order valence-corrected chi connectivity index (χ1v) is 4.45. The van der Waals surface area contributed by atoms with Crippen molar-refractivity contribution in [3.63, 3.8) is 0 Å². The molecule has 0 aliphatic heterocycles. The van der Waals surface area contributed by atoms with Crippen molar-refractivity contribution in [1.82, 2.24) is 0 Å². The van der Waals surface area contributed by atoms with E-state index in [-0.39, 0.29) is 5.78 Å². The van der Waals surface area contributed by atoms with Crippen molar-refractivity contribution in [2.45, 2.75) is 25.9 Å². The Morgan fingerprint density at radius 1 is 1.38 bits per heavy atom. The molecule has 70 valence electrons. The molecule has 0 heterocycles. The van der Waals surface area contributed by atoms with Gasteiger partial charge in [-0.05, 0) is 18.9 Å². The summed E-state index contributed by atoms with van der Waals surface area (Å²) < 4.78 is 0. The highest BCUT2D eigenvalue weighted by Crippen LogP contribution is 2.03. The molecule has 0 amide bonds. The summed E-state index contributed by atoms with van der Waals surface area (Å²) in [7, 11) is 0. The number of carbonyl (C=O) groups is 1. The molecule has 0 spiro atoms. The van der Waals surface area contributed by atoms with Crippen LogP contribution in [-0.4, -0.2) is 17.0 Å². The molecule has 0 aromatic heterocycles. The molecule has 0 aliphatic carbocycles. The fraction of sp³-hybridized carbons (Fsp3) is 0.364. The second kappa shape index (κ2) is 4.77. The van der Waals surface area contributed by atoms with E-state index >= 15 is 0 Å². The highest BCUT2D eigenvalue weighted by molar-refractivity contribution is 5.82. The van der Waals surface area contributed by atoms with E-state index in [2.05, 4.69) is 0 Å². The molecule has 1 atom stereocenters. The Balaban J connectivity index is 2.40. The fourth-order valence-electron chi connectivity index (χ4n) is 1.12. The number of aliphatic hydroxyl groups is 1. The molecule has 1 aromatic carbocycles. The molecule has 13 heavy (non-hydrogen) atoms. The zero-order valence-electron chi connectivity index (χ0n) is 7.73. The van der Waals surface area contributed by atoms with Crippen molar-refractivity contribution in [2.75, 3.05) is 0 Å². The minimum Gasteiger partial charge on any atom is -0.386 e. The lowest BCUT2D eigenvalue weighted by Gasteiger charge is -2.02. The zero-order chi connectivity index (χ0) is 9.68. The number of carbonyl (C=O) groups excluding carboxylic acids is 1. The van der Waals surface area contributed by atoms with E-state index in [1.54, 1.807) is 0 Å². The summed E-state index contributed by atoms with van der Waals surface area (Å²) in [4.78, 5) is 11.1. The van der Waals surface area contributed by atoms with Gasteiger partial charge >= 0.3 is 0 Å². The lowest BCUT2D eigenvalue weighted by Crippen LogP contribution is -2.16. The van der Waals surface area contributed by atoms with E-state index in [4.69, 9.17) is 5.11 Å². The summed E-state index contributed by atoms with van der Waals surface area (Å²) in [6.07, 6.45) is 0.301. The predicted molar refractivity (Wildman–Crippen MR) is 51.5 cm³/mol. The van der Waals surface area contributed by atoms with Crippen LogP contribution in [0.25, 0.3) is 0 Å². The van der Waals surface area contributed by atoms with Crippen molar-refractivity contribution in [1.29, 1.82) is 0 Å². The van der Waals surface area contributed by atoms with Crippen molar-refractivity contribution in [3.8, 4) is 0 Å². The molecule has 0 aliphatic rings. The number of benzene rings is 1. The van der Waals surface area contributed by atoms with Crippen LogP contribution in [0.4, 0.5) is 0 Å². The van der Waals surface area contributed by atoms with Crippen molar-refractivity contribution in [2.24, 2.45) is 0 Å². The normalized spacial score (nSPS) is 12.5. The maximum Gasteiger partial charge on any atom is 0.161 e. The van der Waals surface area contributed by atoms with Gasteiger partial charge in [0, 0.05) is 6.42 Å². The van der Waals surface area contributed by atoms with Crippen LogP contribution in [0, 0.1) is 0 Å². The van der Waals surface area contributed by atoms with Crippen LogP contribution in [0.5, 0.6) is 0 Å². The number of hydrogen-bond donors (Lipinski definition) is 1. The van der Waals surface area contributed by atoms with Gasteiger partial charge in [0.25, 0.3) is 0 Å². The Morgan fingerprint density at radius 3 is 2.54 bits per heavy atom. The molecule has 0 bridgehead atoms. The van der Waals surface area contributed by atoms with Crippen LogP contribution in [0.15, 0.2) is 30.3 Å². The monoisotopic (exact) mass is 178 g/mol. The van der Waals surface area contributed by atoms with Gasteiger partial charge in [0.1, 0.15) is 6.10 Å². The van der Waals surface area contributed by atoms with Gasteiger partial charge in [0.15, 0.2) is 5.78 Å². The summed E-state index contributed by atoms with van der Waals surface area (Å²) in [5.74, 6) is -0.0937. The van der Waals surface area contributed by atoms with Crippen LogP contribution in [0.1, 0.15) is 18.9 Å². The third kappa shape index (κ3) is 3.38. The van der Waals surface area contributed by atoms with Gasteiger partial charge in [0.2, 0.25) is 0 Å². The number of ketones is 1. The maximum absolute atomic E-state index is 11.1. The van der Waals surface area contributed by atoms with Gasteiger partial charge in [-0.2, -0.15) is 0 Å². The third-order valence-electron chi connectivity index (χ3n) is 1.97. The van der Waals surface area contributed by atoms with E-state index in [0.717, 1.165) is 5.56 Å². The summed E-state index contributed by atoms with van der Waals surface area (Å²) in [5.41, 5.74) is 1.14. The number of Topliss-reactive ketones (excluding diaryl/α,β-unsaturated/α-hetero) is 1. The maximum atomic E-state index is 11.1. The average Bonchev–Trinajstić information content (AvgIpc) is 2.15. The fourth-order valence-corrected chi connectivity index (χ4v) is 1.12. The van der Waals surface area contributed by atoms with Crippen LogP contribution < -0.4 is 0 Å². The Labute approximate surface area is 78.2 Å². The molecule has 0 saturated heterocycles. The number of hydrogen-bond acceptors (Lipinski definition) is 2. The van der Waals surface area contributed by atoms with Gasteiger partial charge in [-0.3, -0.25) is 4.79 Å². The SMILES string of the molecule is CC(O)C(=O)CCc1ccccc1. The second-order valence-corrected chi connectivity index (χ2v) is 3.13. The Hall–Kier alpha value is -1.15. The standard InChI is InChI=1S/C11H14O2/c1-9(12)11(13)8-7-10-5-3-2-4-6-10/h2-6,9,12H,7-8H2,1H3. The summed E-state index contributed by atoms with van der Waals surface area (Å²) in [6.45, 7) is 1.51. The topological polar surface area (TPSA) is 37.3 Å². The quantitative estimate of drug-likeness (QED) is 0.759. The molecular formula is C11H14O2. The van der Waals surface area contributed by atoms with E-state index in [1.165, 1.54) is 6.92 Å². The molecule has 2 heteroatoms. The molecule has 0 saturated carbocycles. The minimum absolute atomic E-state index is 0.0937. The van der Waals surface area contributed by atoms with Gasteiger partial charge < -0.3 is 5.11 Å². The molecule has 0 radical (unpaired) electrons. The van der Waals surface area contributed by atoms with Crippen molar-refractivity contribution >= 4 is 5.78 Å². The minimum atomic E-state index is -0.830. The van der Waals surface area contributed by atoms with Gasteiger partial charge in [-0.1, -0.05) is 30.3 Å². The first-order chi connectivity index (χ1) is 6.20. The van der Waals surface area contributed by atoms with Crippen LogP contribution in [0.3, 0.4) is 0 Å². The molecule has 0 fully saturated rings. The lowest BCUT2D eigenvalue weighted by atomic mass is 10.1. The molecule has 2 nitrogen and oxygen atoms in total. The largest absolute Gasteiger partial charge is 0.386 e. The predicted octanol–water partition coefficient (Wildman–Crippen LogP) is 1.57. The van der Waals surface area contributed by atoms with E-state index < -0.39 is 6.10 Å². The van der Waals surface area contributed by atoms with Crippen LogP contribution >= 0.6 is 0 Å². The average molecular weight is 178 g/mol. The lowest BCUT2D eigenvalue weighted by molar-refractivity contribution is -0.126. The van der Waals surface area contributed by atoms with Crippen molar-refractivity contribution in [3.05, 3.63) is 35.9 Å². The summed E-state index contributed by atoms with van der Waals surface area (Å²) in [5, 5.41) is 8.95. The number of aryl methyl sites for hydroxylation is 1. The Bertz CT molecular complexity index is 265. The van der Waals surface area contributed by atoms with Crippen LogP contribution in [0.2, 0.25) is 0 Å². The summed E-state index contributed by atoms with van der Waals surface area (Å²) in [6, 6.07) is 9.80. The molecule has 1 unspecified atom stereocenters. The molecular weight excluding hydrogens is 164 g/mol. The van der Waals surface area contributed by atoms with E-state index in [0.29, 0.717) is 12.8 Å². The van der Waals surface area contributed by atoms with E-state index in [1.807, 2.05) is 30.3 Å². The highest BCUT2D eigenvalue weighted by Gasteiger charge is 2.07. The van der Waals surface area contributed by atoms with Gasteiger partial charge in [0.05, 0.1) is 0 Å². The first kappa shape index (κ1) is 9.93. The number of aliphatic hydroxyl groups excluding tert-OH is 1. The number of rotatable bonds is 4. The summed E-state index contributed by atoms with van der Waals surface area (Å²) >= 11 is 0. The third-order valence-corrected chi connectivity index (χ3v) is 1.97. The highest BCUT2D eigenvalue weighted by atomic mass is 16.3. The smallest absolute Gasteiger partial charge is 0.161 e. The Kier molecular flexibility index (Phi) is 3.65. The molecule has 1 rings (SSSR count). The van der Waals surface area contributed by atoms with E-state index in [9.17, 15) is 4.79 Å². The molecule has 1 aromatic rings. The molecule has 1 N–H and O–H groups in total. The van der Waals surface area contributed by atoms with Crippen molar-refractivity contribution < 1.29 is 9.90 Å². The zero-order valence-corrected chi connectivity index (χ0v) is 7.73. The Morgan fingerprint density at radius 2 is 2.00 bits per heavy atom. The van der Waals surface area contributed by atoms with Gasteiger partial charge in [-0.15, -0.1) is 0 Å². The first-order valence-electron chi connectivity index (χ1n) is 4.45. The van der Waals surface area contributed by atoms with Crippen LogP contribution in [-0.2, 0) is 11.2 Å². The van der Waals surface area contributed by atoms with Gasteiger partial charge in [-0.25, -0.2) is 0 Å². The second-order valence-electron chi connectivity index (χ2n) is 3.13.